The number of hydrogen-bond donors (Lipinski definition) is 1. The number of benzene rings is 1. The maximum atomic E-state index is 12.3. The lowest BCUT2D eigenvalue weighted by Crippen LogP contribution is -2.38. The number of hydrogen-bond acceptors (Lipinski definition) is 4. The fraction of sp³-hybridized carbons (Fsp3) is 0.474. The maximum Gasteiger partial charge on any atom is 0.271 e. The van der Waals surface area contributed by atoms with Gasteiger partial charge in [0, 0.05) is 45.4 Å². The molecule has 2 aliphatic rings. The Kier molecular flexibility index (Phi) is 4.55. The van der Waals surface area contributed by atoms with Crippen LogP contribution in [-0.4, -0.2) is 53.4 Å². The third-order valence-corrected chi connectivity index (χ3v) is 5.17. The van der Waals surface area contributed by atoms with Crippen LogP contribution >= 0.6 is 0 Å². The number of carbonyl (C=O) groups excluding carboxylic acids is 1. The van der Waals surface area contributed by atoms with Gasteiger partial charge in [-0.15, -0.1) is 0 Å². The van der Waals surface area contributed by atoms with Gasteiger partial charge in [-0.1, -0.05) is 24.3 Å². The van der Waals surface area contributed by atoms with E-state index in [0.29, 0.717) is 12.2 Å². The average Bonchev–Trinajstić information content (AvgIpc) is 3.20. The molecule has 1 atom stereocenters. The number of amides is 1. The fourth-order valence-corrected chi connectivity index (χ4v) is 3.70. The van der Waals surface area contributed by atoms with Crippen molar-refractivity contribution in [3.05, 3.63) is 52.8 Å². The lowest BCUT2D eigenvalue weighted by molar-refractivity contribution is 0.0930. The van der Waals surface area contributed by atoms with Crippen molar-refractivity contribution in [2.75, 3.05) is 26.7 Å². The molecule has 6 nitrogen and oxygen atoms in total. The van der Waals surface area contributed by atoms with Crippen LogP contribution in [-0.2, 0) is 30.7 Å². The molecule has 6 heteroatoms. The van der Waals surface area contributed by atoms with Crippen LogP contribution in [0.4, 0.5) is 0 Å². The molecule has 25 heavy (non-hydrogen) atoms. The second-order valence-electron chi connectivity index (χ2n) is 6.82. The van der Waals surface area contributed by atoms with Crippen molar-refractivity contribution >= 4 is 5.91 Å². The Morgan fingerprint density at radius 2 is 2.20 bits per heavy atom. The zero-order valence-electron chi connectivity index (χ0n) is 14.6. The predicted octanol–water partition coefficient (Wildman–Crippen LogP) is 1.24. The summed E-state index contributed by atoms with van der Waals surface area (Å²) in [6.45, 7) is 4.24. The molecule has 4 rings (SSSR count). The smallest absolute Gasteiger partial charge is 0.271 e. The van der Waals surface area contributed by atoms with Crippen LogP contribution < -0.4 is 5.32 Å². The minimum absolute atomic E-state index is 0.0896. The van der Waals surface area contributed by atoms with E-state index in [2.05, 4.69) is 39.6 Å². The average molecular weight is 340 g/mol. The maximum absolute atomic E-state index is 12.3. The Balaban J connectivity index is 1.26. The van der Waals surface area contributed by atoms with Crippen molar-refractivity contribution in [1.82, 2.24) is 20.0 Å². The van der Waals surface area contributed by atoms with Gasteiger partial charge in [0.15, 0.2) is 0 Å². The van der Waals surface area contributed by atoms with Crippen LogP contribution in [0, 0.1) is 0 Å². The zero-order valence-corrected chi connectivity index (χ0v) is 14.6. The zero-order chi connectivity index (χ0) is 17.2. The van der Waals surface area contributed by atoms with E-state index in [0.717, 1.165) is 44.7 Å². The normalized spacial score (nSPS) is 19.5. The summed E-state index contributed by atoms with van der Waals surface area (Å²) in [4.78, 5) is 14.7. The molecule has 132 valence electrons. The fourth-order valence-electron chi connectivity index (χ4n) is 3.70. The number of ether oxygens (including phenoxy) is 1. The summed E-state index contributed by atoms with van der Waals surface area (Å²) in [5, 5.41) is 7.39. The van der Waals surface area contributed by atoms with E-state index >= 15 is 0 Å². The molecule has 0 saturated heterocycles. The Morgan fingerprint density at radius 3 is 3.00 bits per heavy atom. The first-order chi connectivity index (χ1) is 12.2. The van der Waals surface area contributed by atoms with Crippen LogP contribution in [0.3, 0.4) is 0 Å². The van der Waals surface area contributed by atoms with Crippen molar-refractivity contribution in [3.63, 3.8) is 0 Å². The summed E-state index contributed by atoms with van der Waals surface area (Å²) < 4.78 is 7.22. The number of fused-ring (bicyclic) bond motifs is 2. The molecule has 2 aromatic rings. The molecule has 0 aliphatic carbocycles. The van der Waals surface area contributed by atoms with Gasteiger partial charge in [0.25, 0.3) is 5.91 Å². The Labute approximate surface area is 147 Å². The van der Waals surface area contributed by atoms with Crippen molar-refractivity contribution in [2.45, 2.75) is 32.0 Å². The topological polar surface area (TPSA) is 59.4 Å². The molecule has 1 N–H and O–H groups in total. The second kappa shape index (κ2) is 6.98. The third kappa shape index (κ3) is 3.45. The van der Waals surface area contributed by atoms with E-state index in [9.17, 15) is 4.79 Å². The van der Waals surface area contributed by atoms with Gasteiger partial charge in [-0.3, -0.25) is 14.4 Å². The number of rotatable bonds is 5. The monoisotopic (exact) mass is 340 g/mol. The van der Waals surface area contributed by atoms with E-state index in [1.165, 1.54) is 11.1 Å². The van der Waals surface area contributed by atoms with Crippen molar-refractivity contribution in [3.8, 4) is 0 Å². The minimum Gasteiger partial charge on any atom is -0.379 e. The first kappa shape index (κ1) is 16.3. The highest BCUT2D eigenvalue weighted by Gasteiger charge is 2.25. The van der Waals surface area contributed by atoms with E-state index < -0.39 is 0 Å². The molecule has 1 aromatic heterocycles. The number of nitrogens with zero attached hydrogens (tertiary/aromatic N) is 3. The van der Waals surface area contributed by atoms with E-state index in [-0.39, 0.29) is 12.0 Å². The largest absolute Gasteiger partial charge is 0.379 e. The van der Waals surface area contributed by atoms with Crippen LogP contribution in [0.15, 0.2) is 30.3 Å². The van der Waals surface area contributed by atoms with Gasteiger partial charge in [-0.05, 0) is 23.6 Å². The highest BCUT2D eigenvalue weighted by Crippen LogP contribution is 2.19. The van der Waals surface area contributed by atoms with Crippen LogP contribution in [0.2, 0.25) is 0 Å². The molecule has 0 unspecified atom stereocenters. The number of carbonyl (C=O) groups is 1. The summed E-state index contributed by atoms with van der Waals surface area (Å²) in [6.07, 6.45) is 2.09. The second-order valence-corrected chi connectivity index (χ2v) is 6.82. The van der Waals surface area contributed by atoms with E-state index in [4.69, 9.17) is 4.74 Å². The lowest BCUT2D eigenvalue weighted by Gasteiger charge is -2.28. The molecule has 0 spiro atoms. The van der Waals surface area contributed by atoms with Gasteiger partial charge in [0.1, 0.15) is 5.69 Å². The standard InChI is InChI=1S/C19H24N4O2/c1-25-17-10-16-11-18(21-23(16)13-17)19(24)20-7-9-22-8-6-14-4-2-3-5-15(14)12-22/h2-5,11,17H,6-10,12-13H2,1H3,(H,20,24)/t17-/m0/s1. The highest BCUT2D eigenvalue weighted by atomic mass is 16.5. The van der Waals surface area contributed by atoms with E-state index in [1.807, 2.05) is 10.7 Å². The van der Waals surface area contributed by atoms with Crippen molar-refractivity contribution in [1.29, 1.82) is 0 Å². The molecule has 0 saturated carbocycles. The van der Waals surface area contributed by atoms with Crippen molar-refractivity contribution < 1.29 is 9.53 Å². The molecular formula is C19H24N4O2. The Hall–Kier alpha value is -2.18. The highest BCUT2D eigenvalue weighted by molar-refractivity contribution is 5.92. The molecular weight excluding hydrogens is 316 g/mol. The molecule has 0 radical (unpaired) electrons. The predicted molar refractivity (Wildman–Crippen MR) is 94.5 cm³/mol. The third-order valence-electron chi connectivity index (χ3n) is 5.17. The van der Waals surface area contributed by atoms with Gasteiger partial charge < -0.3 is 10.1 Å². The van der Waals surface area contributed by atoms with Crippen LogP contribution in [0.5, 0.6) is 0 Å². The summed E-state index contributed by atoms with van der Waals surface area (Å²) in [5.74, 6) is -0.0896. The first-order valence-electron chi connectivity index (χ1n) is 8.90. The quantitative estimate of drug-likeness (QED) is 0.890. The minimum atomic E-state index is -0.0896. The molecule has 3 heterocycles. The molecule has 0 fully saturated rings. The van der Waals surface area contributed by atoms with Crippen molar-refractivity contribution in [2.24, 2.45) is 0 Å². The number of aromatic nitrogens is 2. The molecule has 2 aliphatic heterocycles. The van der Waals surface area contributed by atoms with E-state index in [1.54, 1.807) is 7.11 Å². The van der Waals surface area contributed by atoms with Crippen LogP contribution in [0.25, 0.3) is 0 Å². The Bertz CT molecular complexity index is 747. The Morgan fingerprint density at radius 1 is 1.36 bits per heavy atom. The summed E-state index contributed by atoms with van der Waals surface area (Å²) >= 11 is 0. The van der Waals surface area contributed by atoms with Gasteiger partial charge in [-0.25, -0.2) is 0 Å². The van der Waals surface area contributed by atoms with Gasteiger partial charge in [0.2, 0.25) is 0 Å². The molecule has 1 amide bonds. The summed E-state index contributed by atoms with van der Waals surface area (Å²) in [5.41, 5.74) is 4.43. The summed E-state index contributed by atoms with van der Waals surface area (Å²) in [6, 6.07) is 10.5. The van der Waals surface area contributed by atoms with Gasteiger partial charge in [0.05, 0.1) is 12.6 Å². The number of nitrogens with one attached hydrogen (secondary N) is 1. The van der Waals surface area contributed by atoms with Gasteiger partial charge >= 0.3 is 0 Å². The lowest BCUT2D eigenvalue weighted by atomic mass is 10.00. The first-order valence-corrected chi connectivity index (χ1v) is 8.90. The van der Waals surface area contributed by atoms with Gasteiger partial charge in [-0.2, -0.15) is 5.10 Å². The molecule has 0 bridgehead atoms. The SMILES string of the molecule is CO[C@H]1Cc2cc(C(=O)NCCN3CCc4ccccc4C3)nn2C1. The molecule has 1 aromatic carbocycles. The van der Waals surface area contributed by atoms with Crippen LogP contribution in [0.1, 0.15) is 27.3 Å². The summed E-state index contributed by atoms with van der Waals surface area (Å²) in [7, 11) is 1.71. The number of methoxy groups -OCH3 is 1.